The van der Waals surface area contributed by atoms with Gasteiger partial charge < -0.3 is 10.6 Å². The Bertz CT molecular complexity index is 1130. The highest BCUT2D eigenvalue weighted by atomic mass is 15.1. The maximum atomic E-state index is 4.69. The van der Waals surface area contributed by atoms with Crippen molar-refractivity contribution in [1.82, 2.24) is 15.0 Å². The maximum absolute atomic E-state index is 4.69. The van der Waals surface area contributed by atoms with Gasteiger partial charge >= 0.3 is 0 Å². The third-order valence-electron chi connectivity index (χ3n) is 4.73. The molecule has 2 N–H and O–H groups in total. The van der Waals surface area contributed by atoms with Gasteiger partial charge in [-0.1, -0.05) is 43.3 Å². The Labute approximate surface area is 164 Å². The average Bonchev–Trinajstić information content (AvgIpc) is 2.69. The molecule has 4 rings (SSSR count). The number of hydrogen-bond donors (Lipinski definition) is 2. The number of hydrogen-bond acceptors (Lipinski definition) is 5. The van der Waals surface area contributed by atoms with Crippen LogP contribution in [0.15, 0.2) is 60.8 Å². The van der Waals surface area contributed by atoms with Crippen LogP contribution in [0.1, 0.15) is 23.7 Å². The zero-order chi connectivity index (χ0) is 19.5. The Morgan fingerprint density at radius 3 is 2.57 bits per heavy atom. The van der Waals surface area contributed by atoms with Gasteiger partial charge in [-0.3, -0.25) is 4.98 Å². The minimum absolute atomic E-state index is 0.583. The van der Waals surface area contributed by atoms with E-state index in [1.54, 1.807) is 6.20 Å². The van der Waals surface area contributed by atoms with Gasteiger partial charge in [0.25, 0.3) is 0 Å². The molecule has 0 aliphatic rings. The highest BCUT2D eigenvalue weighted by molar-refractivity contribution is 5.91. The molecule has 0 bridgehead atoms. The molecule has 0 fully saturated rings. The number of nitrogens with zero attached hydrogens (tertiary/aromatic N) is 3. The predicted octanol–water partition coefficient (Wildman–Crippen LogP) is 5.69. The van der Waals surface area contributed by atoms with Gasteiger partial charge in [-0.05, 0) is 43.5 Å². The Morgan fingerprint density at radius 2 is 1.71 bits per heavy atom. The molecule has 5 nitrogen and oxygen atoms in total. The molecule has 0 aliphatic heterocycles. The molecule has 28 heavy (non-hydrogen) atoms. The van der Waals surface area contributed by atoms with Gasteiger partial charge in [-0.25, -0.2) is 4.98 Å². The molecule has 0 saturated heterocycles. The van der Waals surface area contributed by atoms with Gasteiger partial charge in [0, 0.05) is 29.0 Å². The van der Waals surface area contributed by atoms with Crippen LogP contribution in [0.5, 0.6) is 0 Å². The lowest BCUT2D eigenvalue weighted by atomic mass is 10.1. The first kappa shape index (κ1) is 17.9. The van der Waals surface area contributed by atoms with Crippen LogP contribution >= 0.6 is 0 Å². The molecule has 2 aromatic heterocycles. The van der Waals surface area contributed by atoms with Crippen molar-refractivity contribution in [2.45, 2.75) is 27.2 Å². The Kier molecular flexibility index (Phi) is 4.89. The molecule has 5 heteroatoms. The molecule has 4 aromatic rings. The van der Waals surface area contributed by atoms with Gasteiger partial charge in [-0.15, -0.1) is 0 Å². The Hall–Kier alpha value is -3.47. The number of pyridine rings is 1. The fraction of sp³-hybridized carbons (Fsp3) is 0.174. The standard InChI is InChI=1S/C23H23N5/c1-4-17-9-5-8-15(2)21(17)28-23-25-16(3)14-20(27-23)26-19-12-6-10-18-11-7-13-24-22(18)19/h5-14H,4H2,1-3H3,(H2,25,26,27,28). The molecular formula is C23H23N5. The second kappa shape index (κ2) is 7.64. The van der Waals surface area contributed by atoms with E-state index in [4.69, 9.17) is 0 Å². The van der Waals surface area contributed by atoms with Crippen LogP contribution in [0.25, 0.3) is 10.9 Å². The highest BCUT2D eigenvalue weighted by Gasteiger charge is 2.09. The summed E-state index contributed by atoms with van der Waals surface area (Å²) >= 11 is 0. The molecule has 0 aliphatic carbocycles. The van der Waals surface area contributed by atoms with E-state index in [0.29, 0.717) is 5.95 Å². The van der Waals surface area contributed by atoms with Crippen molar-refractivity contribution >= 4 is 34.0 Å². The number of nitrogens with one attached hydrogen (secondary N) is 2. The van der Waals surface area contributed by atoms with Crippen molar-refractivity contribution in [3.05, 3.63) is 77.6 Å². The van der Waals surface area contributed by atoms with E-state index in [0.717, 1.165) is 40.2 Å². The minimum atomic E-state index is 0.583. The molecule has 0 spiro atoms. The normalized spacial score (nSPS) is 10.8. The summed E-state index contributed by atoms with van der Waals surface area (Å²) in [6.45, 7) is 6.22. The zero-order valence-corrected chi connectivity index (χ0v) is 16.3. The van der Waals surface area contributed by atoms with Crippen molar-refractivity contribution in [3.8, 4) is 0 Å². The van der Waals surface area contributed by atoms with Gasteiger partial charge in [0.1, 0.15) is 5.82 Å². The lowest BCUT2D eigenvalue weighted by Crippen LogP contribution is -2.05. The first-order chi connectivity index (χ1) is 13.6. The predicted molar refractivity (Wildman–Crippen MR) is 116 cm³/mol. The molecule has 0 radical (unpaired) electrons. The van der Waals surface area contributed by atoms with Crippen molar-refractivity contribution in [2.24, 2.45) is 0 Å². The van der Waals surface area contributed by atoms with Crippen LogP contribution in [0.4, 0.5) is 23.1 Å². The number of fused-ring (bicyclic) bond motifs is 1. The fourth-order valence-corrected chi connectivity index (χ4v) is 3.35. The number of anilines is 4. The monoisotopic (exact) mass is 369 g/mol. The van der Waals surface area contributed by atoms with Crippen LogP contribution in [0, 0.1) is 13.8 Å². The number of para-hydroxylation sites is 2. The largest absolute Gasteiger partial charge is 0.338 e. The zero-order valence-electron chi connectivity index (χ0n) is 16.3. The summed E-state index contributed by atoms with van der Waals surface area (Å²) in [6, 6.07) is 18.3. The molecule has 0 atom stereocenters. The van der Waals surface area contributed by atoms with E-state index in [9.17, 15) is 0 Å². The summed E-state index contributed by atoms with van der Waals surface area (Å²) in [5, 5.41) is 7.91. The van der Waals surface area contributed by atoms with E-state index in [1.807, 2.05) is 31.2 Å². The van der Waals surface area contributed by atoms with Gasteiger partial charge in [0.05, 0.1) is 11.2 Å². The van der Waals surface area contributed by atoms with Crippen LogP contribution < -0.4 is 10.6 Å². The van der Waals surface area contributed by atoms with Gasteiger partial charge in [-0.2, -0.15) is 4.98 Å². The molecule has 0 amide bonds. The second-order valence-electron chi connectivity index (χ2n) is 6.81. The summed E-state index contributed by atoms with van der Waals surface area (Å²) in [5.41, 5.74) is 6.23. The second-order valence-corrected chi connectivity index (χ2v) is 6.81. The van der Waals surface area contributed by atoms with Crippen molar-refractivity contribution in [2.75, 3.05) is 10.6 Å². The van der Waals surface area contributed by atoms with Crippen LogP contribution in [-0.2, 0) is 6.42 Å². The van der Waals surface area contributed by atoms with Crippen LogP contribution in [0.2, 0.25) is 0 Å². The third-order valence-corrected chi connectivity index (χ3v) is 4.73. The van der Waals surface area contributed by atoms with E-state index in [1.165, 1.54) is 11.1 Å². The number of benzene rings is 2. The summed E-state index contributed by atoms with van der Waals surface area (Å²) in [4.78, 5) is 13.8. The fourth-order valence-electron chi connectivity index (χ4n) is 3.35. The molecule has 2 aromatic carbocycles. The van der Waals surface area contributed by atoms with Crippen LogP contribution in [0.3, 0.4) is 0 Å². The van der Waals surface area contributed by atoms with E-state index < -0.39 is 0 Å². The number of aryl methyl sites for hydroxylation is 3. The average molecular weight is 369 g/mol. The van der Waals surface area contributed by atoms with Crippen LogP contribution in [-0.4, -0.2) is 15.0 Å². The Balaban J connectivity index is 1.68. The van der Waals surface area contributed by atoms with E-state index in [2.05, 4.69) is 69.8 Å². The molecule has 0 unspecified atom stereocenters. The maximum Gasteiger partial charge on any atom is 0.229 e. The minimum Gasteiger partial charge on any atom is -0.338 e. The molecule has 0 saturated carbocycles. The molecule has 2 heterocycles. The molecular weight excluding hydrogens is 346 g/mol. The van der Waals surface area contributed by atoms with Gasteiger partial charge in [0.2, 0.25) is 5.95 Å². The number of rotatable bonds is 5. The summed E-state index contributed by atoms with van der Waals surface area (Å²) in [7, 11) is 0. The van der Waals surface area contributed by atoms with E-state index >= 15 is 0 Å². The quantitative estimate of drug-likeness (QED) is 0.473. The lowest BCUT2D eigenvalue weighted by molar-refractivity contribution is 1.09. The van der Waals surface area contributed by atoms with Crippen molar-refractivity contribution in [3.63, 3.8) is 0 Å². The summed E-state index contributed by atoms with van der Waals surface area (Å²) < 4.78 is 0. The van der Waals surface area contributed by atoms with Gasteiger partial charge in [0.15, 0.2) is 0 Å². The van der Waals surface area contributed by atoms with Crippen molar-refractivity contribution < 1.29 is 0 Å². The Morgan fingerprint density at radius 1 is 0.893 bits per heavy atom. The smallest absolute Gasteiger partial charge is 0.229 e. The summed E-state index contributed by atoms with van der Waals surface area (Å²) in [6.07, 6.45) is 2.75. The first-order valence-electron chi connectivity index (χ1n) is 9.46. The SMILES string of the molecule is CCc1cccc(C)c1Nc1nc(C)cc(Nc2cccc3cccnc23)n1. The lowest BCUT2D eigenvalue weighted by Gasteiger charge is -2.15. The summed E-state index contributed by atoms with van der Waals surface area (Å²) in [5.74, 6) is 1.32. The first-order valence-corrected chi connectivity index (χ1v) is 9.46. The third kappa shape index (κ3) is 3.64. The molecule has 140 valence electrons. The van der Waals surface area contributed by atoms with Crippen molar-refractivity contribution in [1.29, 1.82) is 0 Å². The topological polar surface area (TPSA) is 62.7 Å². The van der Waals surface area contributed by atoms with E-state index in [-0.39, 0.29) is 0 Å². The highest BCUT2D eigenvalue weighted by Crippen LogP contribution is 2.27. The number of aromatic nitrogens is 3.